The highest BCUT2D eigenvalue weighted by Gasteiger charge is 2.39. The highest BCUT2D eigenvalue weighted by Crippen LogP contribution is 2.25. The highest BCUT2D eigenvalue weighted by atomic mass is 16.5. The number of nitrogens with zero attached hydrogens (tertiary/aromatic N) is 1. The van der Waals surface area contributed by atoms with Crippen LogP contribution in [0.1, 0.15) is 26.2 Å². The molecular formula is C14H24N2O2. The van der Waals surface area contributed by atoms with Gasteiger partial charge in [0.1, 0.15) is 5.60 Å². The lowest BCUT2D eigenvalue weighted by molar-refractivity contribution is -0.0286. The number of rotatable bonds is 4. The largest absolute Gasteiger partial charge is 0.386 e. The molecule has 18 heavy (non-hydrogen) atoms. The van der Waals surface area contributed by atoms with E-state index in [-0.39, 0.29) is 6.10 Å². The summed E-state index contributed by atoms with van der Waals surface area (Å²) in [6.45, 7) is 6.10. The lowest BCUT2D eigenvalue weighted by atomic mass is 9.95. The van der Waals surface area contributed by atoms with Gasteiger partial charge in [-0.1, -0.05) is 5.92 Å². The maximum absolute atomic E-state index is 10.4. The van der Waals surface area contributed by atoms with Gasteiger partial charge in [0, 0.05) is 38.7 Å². The van der Waals surface area contributed by atoms with Gasteiger partial charge in [0.25, 0.3) is 0 Å². The summed E-state index contributed by atoms with van der Waals surface area (Å²) in [6.07, 6.45) is 8.19. The molecule has 0 amide bonds. The van der Waals surface area contributed by atoms with E-state index in [9.17, 15) is 5.11 Å². The summed E-state index contributed by atoms with van der Waals surface area (Å²) < 4.78 is 5.44. The van der Waals surface area contributed by atoms with Gasteiger partial charge in [0.2, 0.25) is 0 Å². The number of hydrogen-bond donors (Lipinski definition) is 2. The molecular weight excluding hydrogens is 228 g/mol. The summed E-state index contributed by atoms with van der Waals surface area (Å²) in [6, 6.07) is 0.496. The van der Waals surface area contributed by atoms with Crippen LogP contribution in [-0.4, -0.2) is 60.5 Å². The van der Waals surface area contributed by atoms with Gasteiger partial charge < -0.3 is 15.2 Å². The minimum Gasteiger partial charge on any atom is -0.386 e. The summed E-state index contributed by atoms with van der Waals surface area (Å²) in [7, 11) is 0. The summed E-state index contributed by atoms with van der Waals surface area (Å²) >= 11 is 0. The van der Waals surface area contributed by atoms with E-state index in [0.29, 0.717) is 19.2 Å². The molecule has 2 aliphatic heterocycles. The first-order valence-electron chi connectivity index (χ1n) is 6.87. The van der Waals surface area contributed by atoms with Crippen molar-refractivity contribution in [1.29, 1.82) is 0 Å². The lowest BCUT2D eigenvalue weighted by Gasteiger charge is -2.34. The van der Waals surface area contributed by atoms with Crippen LogP contribution in [-0.2, 0) is 4.74 Å². The van der Waals surface area contributed by atoms with E-state index in [4.69, 9.17) is 11.2 Å². The Morgan fingerprint density at radius 1 is 1.50 bits per heavy atom. The number of terminal acetylenes is 1. The third-order valence-electron chi connectivity index (χ3n) is 4.26. The molecule has 0 aromatic rings. The number of likely N-dealkylation sites (tertiary alicyclic amines) is 1. The van der Waals surface area contributed by atoms with Gasteiger partial charge in [0.15, 0.2) is 0 Å². The third kappa shape index (κ3) is 3.24. The molecule has 0 aromatic carbocycles. The molecule has 0 bridgehead atoms. The molecule has 102 valence electrons. The van der Waals surface area contributed by atoms with Crippen LogP contribution >= 0.6 is 0 Å². The summed E-state index contributed by atoms with van der Waals surface area (Å²) in [5.74, 6) is 2.69. The number of hydrogen-bond acceptors (Lipinski definition) is 4. The fourth-order valence-corrected chi connectivity index (χ4v) is 2.75. The average Bonchev–Trinajstić information content (AvgIpc) is 2.70. The molecule has 0 aliphatic carbocycles. The number of ether oxygens (including phenoxy) is 1. The first-order chi connectivity index (χ1) is 8.64. The quantitative estimate of drug-likeness (QED) is 0.702. The molecule has 2 unspecified atom stereocenters. The van der Waals surface area contributed by atoms with E-state index in [1.165, 1.54) is 0 Å². The molecule has 2 N–H and O–H groups in total. The Labute approximate surface area is 110 Å². The fraction of sp³-hybridized carbons (Fsp3) is 0.857. The van der Waals surface area contributed by atoms with Gasteiger partial charge in [-0.2, -0.15) is 0 Å². The van der Waals surface area contributed by atoms with Crippen LogP contribution < -0.4 is 5.32 Å². The van der Waals surface area contributed by atoms with Gasteiger partial charge in [-0.25, -0.2) is 0 Å². The molecule has 0 saturated carbocycles. The predicted octanol–water partition coefficient (Wildman–Crippen LogP) is 0.214. The van der Waals surface area contributed by atoms with E-state index in [0.717, 1.165) is 38.9 Å². The maximum atomic E-state index is 10.4. The smallest absolute Gasteiger partial charge is 0.105 e. The van der Waals surface area contributed by atoms with Crippen LogP contribution in [0.5, 0.6) is 0 Å². The maximum Gasteiger partial charge on any atom is 0.105 e. The van der Waals surface area contributed by atoms with Crippen molar-refractivity contribution in [3.8, 4) is 12.3 Å². The Balaban J connectivity index is 1.71. The second-order valence-corrected chi connectivity index (χ2v) is 5.50. The van der Waals surface area contributed by atoms with Crippen LogP contribution in [0.15, 0.2) is 0 Å². The van der Waals surface area contributed by atoms with Crippen molar-refractivity contribution in [2.45, 2.75) is 43.9 Å². The molecule has 4 heteroatoms. The standard InChI is InChI=1S/C14H24N2O2/c1-3-7-16-8-4-13(5-9-16)15-11-14(17)6-10-18-12(14)2/h1,12-13,15,17H,4-11H2,2H3. The van der Waals surface area contributed by atoms with Crippen LogP contribution in [0.4, 0.5) is 0 Å². The Kier molecular flexibility index (Phi) is 4.63. The fourth-order valence-electron chi connectivity index (χ4n) is 2.75. The molecule has 2 heterocycles. The van der Waals surface area contributed by atoms with E-state index < -0.39 is 5.60 Å². The van der Waals surface area contributed by atoms with Gasteiger partial charge in [-0.15, -0.1) is 6.42 Å². The third-order valence-corrected chi connectivity index (χ3v) is 4.26. The normalized spacial score (nSPS) is 34.6. The number of nitrogens with one attached hydrogen (secondary N) is 1. The molecule has 2 fully saturated rings. The first-order valence-corrected chi connectivity index (χ1v) is 6.87. The van der Waals surface area contributed by atoms with Crippen molar-refractivity contribution in [3.05, 3.63) is 0 Å². The SMILES string of the molecule is C#CCN1CCC(NCC2(O)CCOC2C)CC1. The van der Waals surface area contributed by atoms with Crippen LogP contribution in [0.25, 0.3) is 0 Å². The van der Waals surface area contributed by atoms with Crippen molar-refractivity contribution in [2.75, 3.05) is 32.8 Å². The molecule has 0 radical (unpaired) electrons. The van der Waals surface area contributed by atoms with Gasteiger partial charge in [-0.3, -0.25) is 4.90 Å². The average molecular weight is 252 g/mol. The molecule has 0 aromatic heterocycles. The van der Waals surface area contributed by atoms with Crippen LogP contribution in [0, 0.1) is 12.3 Å². The van der Waals surface area contributed by atoms with Crippen molar-refractivity contribution < 1.29 is 9.84 Å². The lowest BCUT2D eigenvalue weighted by Crippen LogP contribution is -2.51. The van der Waals surface area contributed by atoms with Gasteiger partial charge >= 0.3 is 0 Å². The van der Waals surface area contributed by atoms with Crippen molar-refractivity contribution in [2.24, 2.45) is 0 Å². The number of aliphatic hydroxyl groups is 1. The predicted molar refractivity (Wildman–Crippen MR) is 71.3 cm³/mol. The second kappa shape index (κ2) is 6.03. The Morgan fingerprint density at radius 2 is 2.22 bits per heavy atom. The monoisotopic (exact) mass is 252 g/mol. The van der Waals surface area contributed by atoms with Crippen LogP contribution in [0.3, 0.4) is 0 Å². The molecule has 4 nitrogen and oxygen atoms in total. The Bertz CT molecular complexity index is 307. The minimum absolute atomic E-state index is 0.0634. The zero-order valence-electron chi connectivity index (χ0n) is 11.2. The van der Waals surface area contributed by atoms with E-state index >= 15 is 0 Å². The zero-order chi connectivity index (χ0) is 13.0. The van der Waals surface area contributed by atoms with Gasteiger partial charge in [-0.05, 0) is 19.8 Å². The molecule has 2 saturated heterocycles. The van der Waals surface area contributed by atoms with Crippen LogP contribution in [0.2, 0.25) is 0 Å². The van der Waals surface area contributed by atoms with Crippen molar-refractivity contribution in [1.82, 2.24) is 10.2 Å². The van der Waals surface area contributed by atoms with Crippen molar-refractivity contribution in [3.63, 3.8) is 0 Å². The number of piperidine rings is 1. The summed E-state index contributed by atoms with van der Waals surface area (Å²) in [5, 5.41) is 13.9. The minimum atomic E-state index is -0.685. The highest BCUT2D eigenvalue weighted by molar-refractivity contribution is 4.94. The van der Waals surface area contributed by atoms with E-state index in [2.05, 4.69) is 16.1 Å². The van der Waals surface area contributed by atoms with E-state index in [1.807, 2.05) is 6.92 Å². The Hall–Kier alpha value is -0.600. The van der Waals surface area contributed by atoms with E-state index in [1.54, 1.807) is 0 Å². The molecule has 2 rings (SSSR count). The van der Waals surface area contributed by atoms with Gasteiger partial charge in [0.05, 0.1) is 12.6 Å². The summed E-state index contributed by atoms with van der Waals surface area (Å²) in [4.78, 5) is 2.30. The van der Waals surface area contributed by atoms with Crippen molar-refractivity contribution >= 4 is 0 Å². The molecule has 2 atom stereocenters. The summed E-state index contributed by atoms with van der Waals surface area (Å²) in [5.41, 5.74) is -0.685. The molecule has 0 spiro atoms. The Morgan fingerprint density at radius 3 is 2.78 bits per heavy atom. The second-order valence-electron chi connectivity index (χ2n) is 5.50. The first kappa shape index (κ1) is 13.8. The topological polar surface area (TPSA) is 44.7 Å². The zero-order valence-corrected chi connectivity index (χ0v) is 11.2. The molecule has 2 aliphatic rings.